The van der Waals surface area contributed by atoms with Crippen LogP contribution in [-0.4, -0.2) is 28.0 Å². The average Bonchev–Trinajstić information content (AvgIpc) is 3.12. The fraction of sp³-hybridized carbons (Fsp3) is 0.115. The Morgan fingerprint density at radius 2 is 1.28 bits per heavy atom. The Labute approximate surface area is 185 Å². The number of rotatable bonds is 7. The second-order valence-electron chi connectivity index (χ2n) is 7.44. The number of hydrogen-bond donors (Lipinski definition) is 2. The van der Waals surface area contributed by atoms with Crippen molar-refractivity contribution in [3.63, 3.8) is 0 Å². The van der Waals surface area contributed by atoms with Crippen LogP contribution in [0.2, 0.25) is 0 Å². The van der Waals surface area contributed by atoms with E-state index in [9.17, 15) is 15.0 Å². The number of hydrogen-bond acceptors (Lipinski definition) is 5. The van der Waals surface area contributed by atoms with Crippen molar-refractivity contribution in [3.05, 3.63) is 113 Å². The molecule has 1 aromatic heterocycles. The van der Waals surface area contributed by atoms with Gasteiger partial charge in [-0.25, -0.2) is 4.79 Å². The number of benzene rings is 3. The molecule has 0 saturated carbocycles. The molecule has 6 nitrogen and oxygen atoms in total. The smallest absolute Gasteiger partial charge is 0.363 e. The van der Waals surface area contributed by atoms with Crippen molar-refractivity contribution in [1.82, 2.24) is 4.73 Å². The standard InChI is InChI=1S/C26H23NO5/c1-31-23-11-7-19(8-12-23)16-21-4-2-3-20(17-21)15-18-5-9-22(10-6-18)26(30)32-27-24(28)13-14-25(27)29/h2-14,17,28-29H,15-16H2,1H3. The van der Waals surface area contributed by atoms with E-state index < -0.39 is 5.97 Å². The normalized spacial score (nSPS) is 10.7. The van der Waals surface area contributed by atoms with Crippen LogP contribution in [0, 0.1) is 0 Å². The summed E-state index contributed by atoms with van der Waals surface area (Å²) in [5.74, 6) is -0.555. The quantitative estimate of drug-likeness (QED) is 0.456. The highest BCUT2D eigenvalue weighted by atomic mass is 16.7. The van der Waals surface area contributed by atoms with Crippen molar-refractivity contribution in [1.29, 1.82) is 0 Å². The third kappa shape index (κ3) is 4.92. The van der Waals surface area contributed by atoms with E-state index >= 15 is 0 Å². The third-order valence-electron chi connectivity index (χ3n) is 5.13. The number of carbonyl (C=O) groups is 1. The number of ether oxygens (including phenoxy) is 1. The van der Waals surface area contributed by atoms with Gasteiger partial charge < -0.3 is 19.8 Å². The molecule has 0 unspecified atom stereocenters. The molecule has 0 aliphatic carbocycles. The number of methoxy groups -OCH3 is 1. The first-order chi connectivity index (χ1) is 15.5. The van der Waals surface area contributed by atoms with E-state index in [0.717, 1.165) is 24.2 Å². The molecule has 3 aromatic carbocycles. The van der Waals surface area contributed by atoms with Crippen LogP contribution in [0.3, 0.4) is 0 Å². The minimum atomic E-state index is -0.681. The van der Waals surface area contributed by atoms with Crippen molar-refractivity contribution in [2.75, 3.05) is 7.11 Å². The fourth-order valence-electron chi connectivity index (χ4n) is 3.45. The van der Waals surface area contributed by atoms with Gasteiger partial charge >= 0.3 is 5.97 Å². The van der Waals surface area contributed by atoms with Gasteiger partial charge in [-0.05, 0) is 59.4 Å². The second kappa shape index (κ2) is 9.31. The lowest BCUT2D eigenvalue weighted by atomic mass is 9.99. The molecule has 0 aliphatic rings. The van der Waals surface area contributed by atoms with E-state index in [1.807, 2.05) is 24.3 Å². The monoisotopic (exact) mass is 429 g/mol. The Hall–Kier alpha value is -4.19. The first-order valence-electron chi connectivity index (χ1n) is 10.1. The summed E-state index contributed by atoms with van der Waals surface area (Å²) in [7, 11) is 1.66. The van der Waals surface area contributed by atoms with Crippen LogP contribution in [0.25, 0.3) is 0 Å². The van der Waals surface area contributed by atoms with Crippen LogP contribution >= 0.6 is 0 Å². The molecule has 0 fully saturated rings. The highest BCUT2D eigenvalue weighted by Gasteiger charge is 2.14. The molecule has 0 atom stereocenters. The number of aromatic nitrogens is 1. The van der Waals surface area contributed by atoms with Gasteiger partial charge in [0.25, 0.3) is 0 Å². The van der Waals surface area contributed by atoms with Gasteiger partial charge in [-0.2, -0.15) is 0 Å². The third-order valence-corrected chi connectivity index (χ3v) is 5.13. The SMILES string of the molecule is COc1ccc(Cc2cccc(Cc3ccc(C(=O)On4c(O)ccc4O)cc3)c2)cc1. The maximum Gasteiger partial charge on any atom is 0.363 e. The van der Waals surface area contributed by atoms with Gasteiger partial charge in [0.1, 0.15) is 5.75 Å². The molecule has 0 aliphatic heterocycles. The van der Waals surface area contributed by atoms with E-state index in [1.165, 1.54) is 28.8 Å². The van der Waals surface area contributed by atoms with Gasteiger partial charge in [-0.15, -0.1) is 4.73 Å². The van der Waals surface area contributed by atoms with Gasteiger partial charge in [0.2, 0.25) is 11.8 Å². The predicted molar refractivity (Wildman–Crippen MR) is 120 cm³/mol. The molecule has 6 heteroatoms. The summed E-state index contributed by atoms with van der Waals surface area (Å²) >= 11 is 0. The lowest BCUT2D eigenvalue weighted by Gasteiger charge is -2.09. The fourth-order valence-corrected chi connectivity index (χ4v) is 3.45. The summed E-state index contributed by atoms with van der Waals surface area (Å²) in [6, 6.07) is 26.0. The van der Waals surface area contributed by atoms with Gasteiger partial charge in [0, 0.05) is 12.1 Å². The Kier molecular flexibility index (Phi) is 6.12. The molecular weight excluding hydrogens is 406 g/mol. The summed E-state index contributed by atoms with van der Waals surface area (Å²) in [5, 5.41) is 19.2. The van der Waals surface area contributed by atoms with Crippen LogP contribution in [0.15, 0.2) is 84.9 Å². The average molecular weight is 429 g/mol. The molecule has 4 rings (SSSR count). The summed E-state index contributed by atoms with van der Waals surface area (Å²) in [4.78, 5) is 17.3. The maximum atomic E-state index is 12.3. The predicted octanol–water partition coefficient (Wildman–Crippen LogP) is 4.36. The van der Waals surface area contributed by atoms with Gasteiger partial charge in [-0.3, -0.25) is 0 Å². The molecule has 2 N–H and O–H groups in total. The van der Waals surface area contributed by atoms with Crippen molar-refractivity contribution in [3.8, 4) is 17.5 Å². The van der Waals surface area contributed by atoms with Crippen LogP contribution in [0.4, 0.5) is 0 Å². The van der Waals surface area contributed by atoms with E-state index in [4.69, 9.17) is 9.57 Å². The highest BCUT2D eigenvalue weighted by Crippen LogP contribution is 2.20. The zero-order chi connectivity index (χ0) is 22.5. The Bertz CT molecular complexity index is 1190. The van der Waals surface area contributed by atoms with Crippen LogP contribution in [0.5, 0.6) is 17.5 Å². The Balaban J connectivity index is 1.41. The van der Waals surface area contributed by atoms with Crippen LogP contribution in [-0.2, 0) is 12.8 Å². The van der Waals surface area contributed by atoms with Crippen molar-refractivity contribution in [2.24, 2.45) is 0 Å². The minimum absolute atomic E-state index is 0.314. The molecular formula is C26H23NO5. The van der Waals surface area contributed by atoms with E-state index in [1.54, 1.807) is 19.2 Å². The largest absolute Gasteiger partial charge is 0.497 e. The molecule has 0 bridgehead atoms. The second-order valence-corrected chi connectivity index (χ2v) is 7.44. The lowest BCUT2D eigenvalue weighted by Crippen LogP contribution is -2.19. The molecule has 32 heavy (non-hydrogen) atoms. The Morgan fingerprint density at radius 3 is 1.81 bits per heavy atom. The topological polar surface area (TPSA) is 80.9 Å². The summed E-state index contributed by atoms with van der Waals surface area (Å²) in [6.45, 7) is 0. The van der Waals surface area contributed by atoms with Gasteiger partial charge in [0.15, 0.2) is 0 Å². The van der Waals surface area contributed by atoms with E-state index in [-0.39, 0.29) is 11.8 Å². The van der Waals surface area contributed by atoms with Crippen molar-refractivity contribution < 1.29 is 24.6 Å². The molecule has 1 heterocycles. The first-order valence-corrected chi connectivity index (χ1v) is 10.1. The lowest BCUT2D eigenvalue weighted by molar-refractivity contribution is 0.0381. The summed E-state index contributed by atoms with van der Waals surface area (Å²) in [5.41, 5.74) is 4.97. The van der Waals surface area contributed by atoms with Crippen LogP contribution in [0.1, 0.15) is 32.6 Å². The molecule has 0 radical (unpaired) electrons. The van der Waals surface area contributed by atoms with E-state index in [2.05, 4.69) is 36.4 Å². The minimum Gasteiger partial charge on any atom is -0.497 e. The molecule has 0 saturated heterocycles. The number of carbonyl (C=O) groups excluding carboxylic acids is 1. The molecule has 4 aromatic rings. The van der Waals surface area contributed by atoms with Gasteiger partial charge in [-0.1, -0.05) is 48.5 Å². The first kappa shape index (κ1) is 21.1. The molecule has 0 amide bonds. The van der Waals surface area contributed by atoms with Crippen LogP contribution < -0.4 is 9.57 Å². The zero-order valence-electron chi connectivity index (χ0n) is 17.6. The summed E-state index contributed by atoms with van der Waals surface area (Å²) < 4.78 is 5.88. The summed E-state index contributed by atoms with van der Waals surface area (Å²) in [6.07, 6.45) is 1.56. The van der Waals surface area contributed by atoms with Crippen molar-refractivity contribution in [2.45, 2.75) is 12.8 Å². The number of aromatic hydroxyl groups is 2. The molecule has 0 spiro atoms. The van der Waals surface area contributed by atoms with E-state index in [0.29, 0.717) is 10.3 Å². The highest BCUT2D eigenvalue weighted by molar-refractivity contribution is 5.89. The Morgan fingerprint density at radius 1 is 0.750 bits per heavy atom. The van der Waals surface area contributed by atoms with Crippen molar-refractivity contribution >= 4 is 5.97 Å². The zero-order valence-corrected chi connectivity index (χ0v) is 17.6. The maximum absolute atomic E-state index is 12.3. The number of nitrogens with zero attached hydrogens (tertiary/aromatic N) is 1. The molecule has 162 valence electrons. The van der Waals surface area contributed by atoms with Gasteiger partial charge in [0.05, 0.1) is 12.7 Å².